The summed E-state index contributed by atoms with van der Waals surface area (Å²) in [5.74, 6) is -0.382. The van der Waals surface area contributed by atoms with Gasteiger partial charge in [0, 0.05) is 0 Å². The van der Waals surface area contributed by atoms with Crippen LogP contribution in [-0.2, 0) is 0 Å². The molecule has 1 N–H and O–H groups in total. The maximum Gasteiger partial charge on any atom is 0.365 e. The van der Waals surface area contributed by atoms with Gasteiger partial charge in [0.1, 0.15) is 5.52 Å². The second-order valence-electron chi connectivity index (χ2n) is 3.67. The topological polar surface area (TPSA) is 47.0 Å². The number of hydrogen-bond acceptors (Lipinski definition) is 2. The van der Waals surface area contributed by atoms with E-state index in [9.17, 15) is 4.79 Å². The van der Waals surface area contributed by atoms with Gasteiger partial charge in [0.05, 0.1) is 11.1 Å². The van der Waals surface area contributed by atoms with Gasteiger partial charge < -0.3 is 4.84 Å². The molecule has 3 aromatic rings. The molecule has 0 unspecified atom stereocenters. The SMILES string of the molecule is O=C(On1[nH]c2ccccc21)c1ccccc1. The fourth-order valence-corrected chi connectivity index (χ4v) is 1.64. The average Bonchev–Trinajstić information content (AvgIpc) is 2.37. The Morgan fingerprint density at radius 1 is 1.00 bits per heavy atom. The van der Waals surface area contributed by atoms with Crippen molar-refractivity contribution in [3.63, 3.8) is 0 Å². The van der Waals surface area contributed by atoms with Crippen molar-refractivity contribution in [3.05, 3.63) is 60.2 Å². The Bertz CT molecular complexity index is 652. The fraction of sp³-hybridized carbons (Fsp3) is 0. The van der Waals surface area contributed by atoms with Gasteiger partial charge in [0.15, 0.2) is 0 Å². The molecule has 0 fully saturated rings. The first-order valence-corrected chi connectivity index (χ1v) is 5.28. The number of fused-ring (bicyclic) bond motifs is 1. The zero-order valence-electron chi connectivity index (χ0n) is 8.96. The van der Waals surface area contributed by atoms with Crippen LogP contribution in [0, 0.1) is 0 Å². The summed E-state index contributed by atoms with van der Waals surface area (Å²) in [5, 5.41) is 2.91. The summed E-state index contributed by atoms with van der Waals surface area (Å²) >= 11 is 0. The Morgan fingerprint density at radius 3 is 2.47 bits per heavy atom. The van der Waals surface area contributed by atoms with Crippen LogP contribution in [0.5, 0.6) is 0 Å². The van der Waals surface area contributed by atoms with E-state index in [1.165, 1.54) is 4.85 Å². The van der Waals surface area contributed by atoms with Crippen LogP contribution < -0.4 is 4.84 Å². The lowest BCUT2D eigenvalue weighted by Crippen LogP contribution is -2.25. The van der Waals surface area contributed by atoms with E-state index in [1.54, 1.807) is 24.3 Å². The first-order chi connectivity index (χ1) is 8.34. The molecule has 0 aliphatic carbocycles. The van der Waals surface area contributed by atoms with Crippen LogP contribution in [0.3, 0.4) is 0 Å². The first-order valence-electron chi connectivity index (χ1n) is 5.28. The highest BCUT2D eigenvalue weighted by Crippen LogP contribution is 2.12. The van der Waals surface area contributed by atoms with Crippen molar-refractivity contribution in [3.8, 4) is 0 Å². The molecule has 1 heterocycles. The number of hydrogen-bond donors (Lipinski definition) is 1. The largest absolute Gasteiger partial charge is 0.365 e. The second kappa shape index (κ2) is 3.83. The Labute approximate surface area is 97.4 Å². The number of carbonyl (C=O) groups is 1. The lowest BCUT2D eigenvalue weighted by molar-refractivity contribution is 0.0403. The molecule has 0 aliphatic heterocycles. The molecule has 0 amide bonds. The van der Waals surface area contributed by atoms with E-state index >= 15 is 0 Å². The normalized spacial score (nSPS) is 10.6. The number of nitrogens with one attached hydrogen (secondary N) is 1. The van der Waals surface area contributed by atoms with Crippen molar-refractivity contribution < 1.29 is 9.63 Å². The molecule has 0 atom stereocenters. The smallest absolute Gasteiger partial charge is 0.315 e. The van der Waals surface area contributed by atoms with E-state index in [-0.39, 0.29) is 5.97 Å². The van der Waals surface area contributed by atoms with Crippen molar-refractivity contribution in [2.24, 2.45) is 0 Å². The molecule has 0 saturated carbocycles. The van der Waals surface area contributed by atoms with E-state index in [0.29, 0.717) is 5.56 Å². The minimum Gasteiger partial charge on any atom is -0.315 e. The molecular weight excluding hydrogens is 216 g/mol. The van der Waals surface area contributed by atoms with Crippen LogP contribution in [0.4, 0.5) is 0 Å². The quantitative estimate of drug-likeness (QED) is 0.728. The summed E-state index contributed by atoms with van der Waals surface area (Å²) in [6.45, 7) is 0. The van der Waals surface area contributed by atoms with Crippen LogP contribution >= 0.6 is 0 Å². The number of nitrogens with zero attached hydrogens (tertiary/aromatic N) is 1. The Kier molecular flexibility index (Phi) is 2.19. The third-order valence-electron chi connectivity index (χ3n) is 2.53. The monoisotopic (exact) mass is 226 g/mol. The van der Waals surface area contributed by atoms with Gasteiger partial charge >= 0.3 is 5.97 Å². The lowest BCUT2D eigenvalue weighted by atomic mass is 10.2. The highest BCUT2D eigenvalue weighted by Gasteiger charge is 2.11. The van der Waals surface area contributed by atoms with Gasteiger partial charge in [-0.2, -0.15) is 0 Å². The predicted octanol–water partition coefficient (Wildman–Crippen LogP) is 2.24. The standard InChI is InChI=1S/C13H10N2O2/c16-13(10-6-2-1-3-7-10)17-15-12-9-5-4-8-11(12)14-15/h1-9,14H. The summed E-state index contributed by atoms with van der Waals surface area (Å²) in [6.07, 6.45) is 0. The Morgan fingerprint density at radius 2 is 1.71 bits per heavy atom. The Balaban J connectivity index is 1.83. The number of rotatable bonds is 2. The first kappa shape index (κ1) is 9.72. The molecule has 2 aromatic carbocycles. The third-order valence-corrected chi connectivity index (χ3v) is 2.53. The molecule has 0 aliphatic rings. The summed E-state index contributed by atoms with van der Waals surface area (Å²) in [5.41, 5.74) is 2.34. The van der Waals surface area contributed by atoms with Crippen LogP contribution in [0.15, 0.2) is 54.6 Å². The van der Waals surface area contributed by atoms with Gasteiger partial charge in [-0.25, -0.2) is 4.79 Å². The van der Waals surface area contributed by atoms with Crippen molar-refractivity contribution >= 4 is 17.0 Å². The number of H-pyrrole nitrogens is 1. The highest BCUT2D eigenvalue weighted by atomic mass is 16.7. The molecule has 4 heteroatoms. The van der Waals surface area contributed by atoms with E-state index in [1.807, 2.05) is 30.3 Å². The number of para-hydroxylation sites is 2. The van der Waals surface area contributed by atoms with Crippen LogP contribution in [0.2, 0.25) is 0 Å². The molecule has 0 bridgehead atoms. The second-order valence-corrected chi connectivity index (χ2v) is 3.67. The van der Waals surface area contributed by atoms with E-state index in [4.69, 9.17) is 4.84 Å². The minimum atomic E-state index is -0.382. The maximum absolute atomic E-state index is 11.8. The number of aromatic nitrogens is 2. The summed E-state index contributed by atoms with van der Waals surface area (Å²) in [4.78, 5) is 18.3. The zero-order chi connectivity index (χ0) is 11.7. The molecule has 0 spiro atoms. The van der Waals surface area contributed by atoms with E-state index < -0.39 is 0 Å². The van der Waals surface area contributed by atoms with Gasteiger partial charge in [0.25, 0.3) is 0 Å². The van der Waals surface area contributed by atoms with Crippen molar-refractivity contribution in [1.82, 2.24) is 9.94 Å². The summed E-state index contributed by atoms with van der Waals surface area (Å²) < 4.78 is 0. The molecular formula is C13H10N2O2. The van der Waals surface area contributed by atoms with Crippen molar-refractivity contribution in [2.45, 2.75) is 0 Å². The Hall–Kier alpha value is -2.49. The molecule has 84 valence electrons. The molecule has 1 aromatic heterocycles. The molecule has 4 nitrogen and oxygen atoms in total. The summed E-state index contributed by atoms with van der Waals surface area (Å²) in [6, 6.07) is 16.5. The van der Waals surface area contributed by atoms with Gasteiger partial charge in [-0.15, -0.1) is 4.85 Å². The molecule has 3 rings (SSSR count). The molecule has 17 heavy (non-hydrogen) atoms. The van der Waals surface area contributed by atoms with Gasteiger partial charge in [-0.3, -0.25) is 5.10 Å². The highest BCUT2D eigenvalue weighted by molar-refractivity contribution is 5.90. The molecule has 0 saturated heterocycles. The van der Waals surface area contributed by atoms with Gasteiger partial charge in [0.2, 0.25) is 0 Å². The zero-order valence-corrected chi connectivity index (χ0v) is 8.96. The molecule has 0 radical (unpaired) electrons. The average molecular weight is 226 g/mol. The minimum absolute atomic E-state index is 0.382. The van der Waals surface area contributed by atoms with Crippen LogP contribution in [0.25, 0.3) is 11.0 Å². The van der Waals surface area contributed by atoms with E-state index in [2.05, 4.69) is 5.10 Å². The van der Waals surface area contributed by atoms with Crippen LogP contribution in [0.1, 0.15) is 10.4 Å². The fourth-order valence-electron chi connectivity index (χ4n) is 1.64. The van der Waals surface area contributed by atoms with Crippen molar-refractivity contribution in [2.75, 3.05) is 0 Å². The summed E-state index contributed by atoms with van der Waals surface area (Å²) in [7, 11) is 0. The van der Waals surface area contributed by atoms with Gasteiger partial charge in [-0.1, -0.05) is 30.3 Å². The third kappa shape index (κ3) is 1.69. The maximum atomic E-state index is 11.8. The lowest BCUT2D eigenvalue weighted by Gasteiger charge is -2.14. The number of carbonyl (C=O) groups excluding carboxylic acids is 1. The van der Waals surface area contributed by atoms with E-state index in [0.717, 1.165) is 11.0 Å². The van der Waals surface area contributed by atoms with Crippen molar-refractivity contribution in [1.29, 1.82) is 0 Å². The number of benzene rings is 2. The number of aromatic amines is 1. The van der Waals surface area contributed by atoms with Crippen LogP contribution in [-0.4, -0.2) is 15.9 Å². The predicted molar refractivity (Wildman–Crippen MR) is 63.6 cm³/mol. The van der Waals surface area contributed by atoms with Gasteiger partial charge in [-0.05, 0) is 24.3 Å².